The first-order chi connectivity index (χ1) is 14.7. The van der Waals surface area contributed by atoms with Crippen LogP contribution in [0.15, 0.2) is 41.4 Å². The Balaban J connectivity index is 0.00000341. The molecule has 1 fully saturated rings. The maximum absolute atomic E-state index is 5.85. The predicted octanol–water partition coefficient (Wildman–Crippen LogP) is 0.943. The van der Waals surface area contributed by atoms with Crippen molar-refractivity contribution in [3.63, 3.8) is 0 Å². The molecule has 6 N–H and O–H groups in total. The van der Waals surface area contributed by atoms with E-state index in [2.05, 4.69) is 27.2 Å². The topological polar surface area (TPSA) is 106 Å². The van der Waals surface area contributed by atoms with Crippen LogP contribution in [0, 0.1) is 5.92 Å². The minimum atomic E-state index is 0. The van der Waals surface area contributed by atoms with Gasteiger partial charge < -0.3 is 32.3 Å². The van der Waals surface area contributed by atoms with E-state index in [1.54, 1.807) is 0 Å². The molecule has 0 aliphatic carbocycles. The van der Waals surface area contributed by atoms with Crippen molar-refractivity contribution in [3.8, 4) is 0 Å². The molecule has 0 bridgehead atoms. The van der Waals surface area contributed by atoms with Crippen LogP contribution < -0.4 is 73.5 Å². The normalized spacial score (nSPS) is 15.9. The number of nitrogens with one attached hydrogen (secondary N) is 2. The van der Waals surface area contributed by atoms with E-state index in [4.69, 9.17) is 16.8 Å². The summed E-state index contributed by atoms with van der Waals surface area (Å²) in [5, 5.41) is 11.4. The standard InChI is InChI=1S/C23H34N7.K/c1-26-21-5-3-19(13-18(21)15-25)29-20-4-6-22(23(14-20)27-2)28-10-12-30-11-8-17(16-30)7-9-24;/h3-6,13-14,17,26,28H,2,7-12,15-16,24-25H2,1H3;/q-1;+1. The van der Waals surface area contributed by atoms with Crippen molar-refractivity contribution in [2.24, 2.45) is 22.4 Å². The molecule has 1 saturated heterocycles. The number of hydrogen-bond acceptors (Lipinski definition) is 6. The third-order valence-electron chi connectivity index (χ3n) is 5.68. The quantitative estimate of drug-likeness (QED) is 0.303. The van der Waals surface area contributed by atoms with E-state index in [-0.39, 0.29) is 51.4 Å². The molecule has 0 amide bonds. The van der Waals surface area contributed by atoms with Gasteiger partial charge in [0, 0.05) is 38.9 Å². The fourth-order valence-corrected chi connectivity index (χ4v) is 4.02. The Kier molecular flexibility index (Phi) is 11.5. The number of rotatable bonds is 11. The van der Waals surface area contributed by atoms with Crippen molar-refractivity contribution in [2.75, 3.05) is 50.4 Å². The summed E-state index contributed by atoms with van der Waals surface area (Å²) in [6.45, 7) is 9.18. The second kappa shape index (κ2) is 13.5. The first-order valence-corrected chi connectivity index (χ1v) is 10.7. The van der Waals surface area contributed by atoms with E-state index < -0.39 is 0 Å². The fraction of sp³-hybridized carbons (Fsp3) is 0.435. The number of benzene rings is 2. The number of nitrogens with zero attached hydrogens (tertiary/aromatic N) is 3. The molecular weight excluding hydrogens is 413 g/mol. The molecular formula is C23H34KN7. The molecule has 0 aromatic heterocycles. The summed E-state index contributed by atoms with van der Waals surface area (Å²) in [5.41, 5.74) is 17.1. The van der Waals surface area contributed by atoms with Crippen LogP contribution in [0.1, 0.15) is 18.4 Å². The van der Waals surface area contributed by atoms with Gasteiger partial charge in [0.25, 0.3) is 0 Å². The van der Waals surface area contributed by atoms with Crippen LogP contribution in [0.5, 0.6) is 0 Å². The molecule has 2 aromatic carbocycles. The Labute approximate surface area is 228 Å². The molecule has 8 heteroatoms. The van der Waals surface area contributed by atoms with Crippen LogP contribution in [-0.4, -0.2) is 51.4 Å². The van der Waals surface area contributed by atoms with Crippen molar-refractivity contribution >= 4 is 35.2 Å². The molecule has 2 aromatic rings. The molecule has 1 heterocycles. The number of aliphatic imine (C=N–C) groups is 1. The Morgan fingerprint density at radius 3 is 2.58 bits per heavy atom. The molecule has 1 atom stereocenters. The molecule has 7 nitrogen and oxygen atoms in total. The predicted molar refractivity (Wildman–Crippen MR) is 129 cm³/mol. The van der Waals surface area contributed by atoms with Crippen LogP contribution >= 0.6 is 0 Å². The Morgan fingerprint density at radius 2 is 1.90 bits per heavy atom. The first kappa shape index (κ1) is 26.3. The summed E-state index contributed by atoms with van der Waals surface area (Å²) in [6, 6.07) is 12.0. The van der Waals surface area contributed by atoms with Gasteiger partial charge in [0.1, 0.15) is 0 Å². The monoisotopic (exact) mass is 447 g/mol. The van der Waals surface area contributed by atoms with Crippen molar-refractivity contribution < 1.29 is 51.4 Å². The summed E-state index contributed by atoms with van der Waals surface area (Å²) >= 11 is 0. The van der Waals surface area contributed by atoms with Gasteiger partial charge in [0.05, 0.1) is 11.4 Å². The van der Waals surface area contributed by atoms with Gasteiger partial charge in [-0.25, -0.2) is 0 Å². The summed E-state index contributed by atoms with van der Waals surface area (Å²) in [6.07, 6.45) is 2.39. The van der Waals surface area contributed by atoms with Crippen LogP contribution in [-0.2, 0) is 6.54 Å². The van der Waals surface area contributed by atoms with Crippen molar-refractivity contribution in [2.45, 2.75) is 19.4 Å². The minimum Gasteiger partial charge on any atom is -0.658 e. The molecule has 3 rings (SSSR count). The van der Waals surface area contributed by atoms with Gasteiger partial charge in [-0.05, 0) is 62.3 Å². The van der Waals surface area contributed by atoms with Gasteiger partial charge in [0.15, 0.2) is 0 Å². The number of anilines is 2. The van der Waals surface area contributed by atoms with Gasteiger partial charge >= 0.3 is 51.4 Å². The third-order valence-corrected chi connectivity index (χ3v) is 5.68. The zero-order valence-corrected chi connectivity index (χ0v) is 22.0. The van der Waals surface area contributed by atoms with Gasteiger partial charge in [-0.2, -0.15) is 0 Å². The maximum Gasteiger partial charge on any atom is 1.00 e. The zero-order chi connectivity index (χ0) is 21.3. The second-order valence-corrected chi connectivity index (χ2v) is 7.73. The second-order valence-electron chi connectivity index (χ2n) is 7.73. The van der Waals surface area contributed by atoms with Crippen molar-refractivity contribution in [1.29, 1.82) is 0 Å². The Bertz CT molecular complexity index is 843. The average molecular weight is 448 g/mol. The molecule has 1 unspecified atom stereocenters. The molecule has 0 saturated carbocycles. The van der Waals surface area contributed by atoms with E-state index >= 15 is 0 Å². The summed E-state index contributed by atoms with van der Waals surface area (Å²) in [7, 11) is 1.89. The van der Waals surface area contributed by atoms with E-state index in [1.807, 2.05) is 43.4 Å². The van der Waals surface area contributed by atoms with E-state index in [9.17, 15) is 0 Å². The molecule has 0 spiro atoms. The molecule has 31 heavy (non-hydrogen) atoms. The summed E-state index contributed by atoms with van der Waals surface area (Å²) in [4.78, 5) is 6.69. The number of hydrogen-bond donors (Lipinski definition) is 4. The van der Waals surface area contributed by atoms with Gasteiger partial charge in [-0.3, -0.25) is 4.99 Å². The van der Waals surface area contributed by atoms with Crippen molar-refractivity contribution in [3.05, 3.63) is 47.3 Å². The van der Waals surface area contributed by atoms with Crippen LogP contribution in [0.2, 0.25) is 0 Å². The van der Waals surface area contributed by atoms with Gasteiger partial charge in [-0.15, -0.1) is 11.4 Å². The zero-order valence-electron chi connectivity index (χ0n) is 18.9. The fourth-order valence-electron chi connectivity index (χ4n) is 4.02. The molecule has 0 radical (unpaired) electrons. The van der Waals surface area contributed by atoms with E-state index in [1.165, 1.54) is 6.42 Å². The van der Waals surface area contributed by atoms with Gasteiger partial charge in [0.2, 0.25) is 0 Å². The SMILES string of the molecule is C=Nc1cc([N-]c2ccc(NC)c(CN)c2)ccc1NCCN1CCC(CCN)C1.[K+]. The smallest absolute Gasteiger partial charge is 0.658 e. The van der Waals surface area contributed by atoms with E-state index in [0.717, 1.165) is 79.1 Å². The number of nitrogens with two attached hydrogens (primary N) is 2. The summed E-state index contributed by atoms with van der Waals surface area (Å²) < 4.78 is 0. The third kappa shape index (κ3) is 7.54. The minimum absolute atomic E-state index is 0. The first-order valence-electron chi connectivity index (χ1n) is 10.7. The van der Waals surface area contributed by atoms with Gasteiger partial charge in [-0.1, -0.05) is 18.2 Å². The Morgan fingerprint density at radius 1 is 1.16 bits per heavy atom. The molecule has 162 valence electrons. The largest absolute Gasteiger partial charge is 1.00 e. The number of likely N-dealkylation sites (tertiary alicyclic amines) is 1. The average Bonchev–Trinajstić information content (AvgIpc) is 3.22. The van der Waals surface area contributed by atoms with Crippen LogP contribution in [0.25, 0.3) is 5.32 Å². The maximum atomic E-state index is 5.85. The molecule has 1 aliphatic heterocycles. The van der Waals surface area contributed by atoms with Crippen LogP contribution in [0.3, 0.4) is 0 Å². The van der Waals surface area contributed by atoms with Crippen LogP contribution in [0.4, 0.5) is 28.4 Å². The van der Waals surface area contributed by atoms with Crippen molar-refractivity contribution in [1.82, 2.24) is 4.90 Å². The molecule has 1 aliphatic rings. The van der Waals surface area contributed by atoms with E-state index in [0.29, 0.717) is 6.54 Å². The Hall–Kier alpha value is -0.974. The summed E-state index contributed by atoms with van der Waals surface area (Å²) in [5.74, 6) is 0.753.